The Morgan fingerprint density at radius 2 is 1.93 bits per heavy atom. The first kappa shape index (κ1) is 22.4. The summed E-state index contributed by atoms with van der Waals surface area (Å²) in [5.41, 5.74) is 1.26. The van der Waals surface area contributed by atoms with Crippen LogP contribution in [0.25, 0.3) is 11.4 Å². The zero-order valence-electron chi connectivity index (χ0n) is 17.5. The number of aromatic amines is 1. The molecule has 0 radical (unpaired) electrons. The van der Waals surface area contributed by atoms with Gasteiger partial charge in [-0.25, -0.2) is 9.98 Å². The van der Waals surface area contributed by atoms with Gasteiger partial charge in [-0.3, -0.25) is 5.10 Å². The predicted molar refractivity (Wildman–Crippen MR) is 123 cm³/mol. The summed E-state index contributed by atoms with van der Waals surface area (Å²) in [6, 6.07) is 7.70. The number of benzene rings is 1. The third-order valence-electron chi connectivity index (χ3n) is 5.73. The molecule has 1 aliphatic rings. The van der Waals surface area contributed by atoms with E-state index in [0.717, 1.165) is 36.2 Å². The molecule has 2 N–H and O–H groups in total. The molecule has 0 saturated carbocycles. The molecule has 0 spiro atoms. The molecule has 0 aliphatic carbocycles. The lowest BCUT2D eigenvalue weighted by Gasteiger charge is -2.62. The maximum absolute atomic E-state index is 5.19. The molecule has 0 atom stereocenters. The standard InChI is InChI=1S/C20H30N6O.HI/c1-7-21-18(26-13-19(2,3)20(26,4)5)22-12-16-23-17(25-24-16)14-8-10-15(27-6)11-9-14;/h8-11H,7,12-13H2,1-6H3,(H,21,22)(H,23,24,25);1H. The molecule has 0 bridgehead atoms. The molecule has 0 unspecified atom stereocenters. The summed E-state index contributed by atoms with van der Waals surface area (Å²) in [6.45, 7) is 13.5. The maximum atomic E-state index is 5.19. The van der Waals surface area contributed by atoms with Crippen LogP contribution in [0, 0.1) is 5.41 Å². The normalized spacial score (nSPS) is 17.5. The first-order valence-electron chi connectivity index (χ1n) is 9.40. The topological polar surface area (TPSA) is 78.4 Å². The van der Waals surface area contributed by atoms with Gasteiger partial charge in [-0.2, -0.15) is 5.10 Å². The van der Waals surface area contributed by atoms with Gasteiger partial charge >= 0.3 is 0 Å². The highest BCUT2D eigenvalue weighted by Crippen LogP contribution is 2.46. The van der Waals surface area contributed by atoms with Crippen molar-refractivity contribution in [2.75, 3.05) is 20.2 Å². The fourth-order valence-corrected chi connectivity index (χ4v) is 3.18. The van der Waals surface area contributed by atoms with Gasteiger partial charge in [0.25, 0.3) is 0 Å². The van der Waals surface area contributed by atoms with Crippen LogP contribution in [0.1, 0.15) is 40.4 Å². The molecule has 8 heteroatoms. The summed E-state index contributed by atoms with van der Waals surface area (Å²) < 4.78 is 5.19. The van der Waals surface area contributed by atoms with Crippen LogP contribution in [0.5, 0.6) is 5.75 Å². The Bertz CT molecular complexity index is 812. The number of rotatable bonds is 5. The van der Waals surface area contributed by atoms with Crippen LogP contribution in [0.3, 0.4) is 0 Å². The Labute approximate surface area is 184 Å². The van der Waals surface area contributed by atoms with Crippen LogP contribution >= 0.6 is 24.0 Å². The zero-order chi connectivity index (χ0) is 19.7. The summed E-state index contributed by atoms with van der Waals surface area (Å²) >= 11 is 0. The lowest BCUT2D eigenvalue weighted by Crippen LogP contribution is -2.72. The second kappa shape index (κ2) is 8.67. The first-order chi connectivity index (χ1) is 12.8. The van der Waals surface area contributed by atoms with Crippen molar-refractivity contribution < 1.29 is 4.74 Å². The molecule has 2 aromatic rings. The monoisotopic (exact) mass is 498 g/mol. The second-order valence-electron chi connectivity index (χ2n) is 8.03. The number of hydrogen-bond donors (Lipinski definition) is 2. The SMILES string of the molecule is CCNC(=NCc1nc(-c2ccc(OC)cc2)n[nH]1)N1CC(C)(C)C1(C)C.I. The molecule has 7 nitrogen and oxygen atoms in total. The Hall–Kier alpha value is -1.84. The number of likely N-dealkylation sites (tertiary alicyclic amines) is 1. The number of nitrogens with one attached hydrogen (secondary N) is 2. The first-order valence-corrected chi connectivity index (χ1v) is 9.40. The lowest BCUT2D eigenvalue weighted by molar-refractivity contribution is -0.0667. The van der Waals surface area contributed by atoms with E-state index >= 15 is 0 Å². The van der Waals surface area contributed by atoms with E-state index in [9.17, 15) is 0 Å². The van der Waals surface area contributed by atoms with Crippen molar-refractivity contribution in [1.29, 1.82) is 0 Å². The molecular weight excluding hydrogens is 467 g/mol. The summed E-state index contributed by atoms with van der Waals surface area (Å²) in [6.07, 6.45) is 0. The van der Waals surface area contributed by atoms with Crippen molar-refractivity contribution in [2.45, 2.75) is 46.7 Å². The van der Waals surface area contributed by atoms with Gasteiger partial charge in [0.2, 0.25) is 0 Å². The second-order valence-corrected chi connectivity index (χ2v) is 8.03. The van der Waals surface area contributed by atoms with Crippen LogP contribution < -0.4 is 10.1 Å². The number of H-pyrrole nitrogens is 1. The number of aliphatic imine (C=N–C) groups is 1. The maximum Gasteiger partial charge on any atom is 0.194 e. The van der Waals surface area contributed by atoms with E-state index in [1.807, 2.05) is 24.3 Å². The zero-order valence-corrected chi connectivity index (χ0v) is 19.9. The smallest absolute Gasteiger partial charge is 0.194 e. The molecule has 1 aliphatic heterocycles. The van der Waals surface area contributed by atoms with E-state index in [4.69, 9.17) is 9.73 Å². The largest absolute Gasteiger partial charge is 0.497 e. The third kappa shape index (κ3) is 4.26. The number of guanidine groups is 1. The fraction of sp³-hybridized carbons (Fsp3) is 0.550. The van der Waals surface area contributed by atoms with Gasteiger partial charge in [0.05, 0.1) is 7.11 Å². The highest BCUT2D eigenvalue weighted by molar-refractivity contribution is 14.0. The minimum Gasteiger partial charge on any atom is -0.497 e. The van der Waals surface area contributed by atoms with Crippen molar-refractivity contribution >= 4 is 29.9 Å². The van der Waals surface area contributed by atoms with Gasteiger partial charge in [0, 0.05) is 29.6 Å². The lowest BCUT2D eigenvalue weighted by atomic mass is 9.65. The molecule has 1 aromatic heterocycles. The van der Waals surface area contributed by atoms with Crippen LogP contribution in [-0.2, 0) is 6.54 Å². The van der Waals surface area contributed by atoms with Crippen molar-refractivity contribution in [3.05, 3.63) is 30.1 Å². The number of ether oxygens (including phenoxy) is 1. The molecule has 2 heterocycles. The van der Waals surface area contributed by atoms with Gasteiger partial charge < -0.3 is 15.0 Å². The molecule has 154 valence electrons. The number of hydrogen-bond acceptors (Lipinski definition) is 4. The molecule has 1 fully saturated rings. The number of nitrogens with zero attached hydrogens (tertiary/aromatic N) is 4. The number of halogens is 1. The van der Waals surface area contributed by atoms with E-state index in [1.54, 1.807) is 7.11 Å². The van der Waals surface area contributed by atoms with Crippen LogP contribution in [0.15, 0.2) is 29.3 Å². The molecule has 1 saturated heterocycles. The van der Waals surface area contributed by atoms with Gasteiger partial charge in [0.15, 0.2) is 11.8 Å². The minimum atomic E-state index is 0. The van der Waals surface area contributed by atoms with E-state index in [-0.39, 0.29) is 34.9 Å². The van der Waals surface area contributed by atoms with Crippen molar-refractivity contribution in [3.8, 4) is 17.1 Å². The molecule has 28 heavy (non-hydrogen) atoms. The van der Waals surface area contributed by atoms with E-state index in [1.165, 1.54) is 0 Å². The highest BCUT2D eigenvalue weighted by atomic mass is 127. The third-order valence-corrected chi connectivity index (χ3v) is 5.73. The highest BCUT2D eigenvalue weighted by Gasteiger charge is 2.53. The molecular formula is C20H31IN6O. The van der Waals surface area contributed by atoms with Gasteiger partial charge in [-0.1, -0.05) is 13.8 Å². The number of methoxy groups -OCH3 is 1. The Kier molecular flexibility index (Phi) is 6.95. The van der Waals surface area contributed by atoms with Crippen LogP contribution in [0.4, 0.5) is 0 Å². The average molecular weight is 498 g/mol. The summed E-state index contributed by atoms with van der Waals surface area (Å²) in [4.78, 5) is 11.7. The van der Waals surface area contributed by atoms with Crippen LogP contribution in [-0.4, -0.2) is 51.8 Å². The summed E-state index contributed by atoms with van der Waals surface area (Å²) in [7, 11) is 1.65. The average Bonchev–Trinajstić information content (AvgIpc) is 3.12. The number of aromatic nitrogens is 3. The minimum absolute atomic E-state index is 0. The van der Waals surface area contributed by atoms with Gasteiger partial charge in [-0.15, -0.1) is 24.0 Å². The van der Waals surface area contributed by atoms with Gasteiger partial charge in [0.1, 0.15) is 18.1 Å². The van der Waals surface area contributed by atoms with Gasteiger partial charge in [-0.05, 0) is 45.0 Å². The Morgan fingerprint density at radius 1 is 1.25 bits per heavy atom. The molecule has 3 rings (SSSR count). The van der Waals surface area contributed by atoms with E-state index in [2.05, 4.69) is 60.0 Å². The van der Waals surface area contributed by atoms with Crippen molar-refractivity contribution in [1.82, 2.24) is 25.4 Å². The Morgan fingerprint density at radius 3 is 2.46 bits per heavy atom. The molecule has 1 aromatic carbocycles. The van der Waals surface area contributed by atoms with Crippen molar-refractivity contribution in [2.24, 2.45) is 10.4 Å². The predicted octanol–water partition coefficient (Wildman–Crippen LogP) is 3.68. The fourth-order valence-electron chi connectivity index (χ4n) is 3.18. The quantitative estimate of drug-likeness (QED) is 0.374. The van der Waals surface area contributed by atoms with E-state index in [0.29, 0.717) is 12.4 Å². The van der Waals surface area contributed by atoms with Crippen molar-refractivity contribution in [3.63, 3.8) is 0 Å². The van der Waals surface area contributed by atoms with Crippen LogP contribution in [0.2, 0.25) is 0 Å². The summed E-state index contributed by atoms with van der Waals surface area (Å²) in [5, 5.41) is 10.7. The molecule has 0 amide bonds. The Balaban J connectivity index is 0.00000280. The summed E-state index contributed by atoms with van der Waals surface area (Å²) in [5.74, 6) is 3.14. The van der Waals surface area contributed by atoms with E-state index < -0.39 is 0 Å².